The van der Waals surface area contributed by atoms with Crippen LogP contribution in [0.5, 0.6) is 0 Å². The van der Waals surface area contributed by atoms with E-state index in [2.05, 4.69) is 0 Å². The van der Waals surface area contributed by atoms with Crippen LogP contribution in [0.3, 0.4) is 0 Å². The van der Waals surface area contributed by atoms with Gasteiger partial charge in [0.15, 0.2) is 0 Å². The predicted molar refractivity (Wildman–Crippen MR) is 30.1 cm³/mol. The Labute approximate surface area is 63.1 Å². The zero-order valence-electron chi connectivity index (χ0n) is 3.82. The minimum absolute atomic E-state index is 0. The number of hydrogen-bond donors (Lipinski definition) is 0. The molecular weight excluding hydrogens is 277 g/mol. The molecule has 5 heavy (non-hydrogen) atoms. The van der Waals surface area contributed by atoms with Crippen LogP contribution in [0.4, 0.5) is 0 Å². The van der Waals surface area contributed by atoms with E-state index in [4.69, 9.17) is 3.07 Å². The van der Waals surface area contributed by atoms with E-state index >= 15 is 0 Å². The van der Waals surface area contributed by atoms with Crippen LogP contribution in [-0.2, 0) is 3.07 Å². The summed E-state index contributed by atoms with van der Waals surface area (Å²) >= 11 is 0.713. The van der Waals surface area contributed by atoms with Gasteiger partial charge in [0.1, 0.15) is 0 Å². The van der Waals surface area contributed by atoms with E-state index in [1.165, 1.54) is 0 Å². The molecule has 1 nitrogen and oxygen atoms in total. The quantitative estimate of drug-likeness (QED) is 0.527. The molecule has 0 unspecified atom stereocenters. The van der Waals surface area contributed by atoms with Crippen molar-refractivity contribution in [3.63, 3.8) is 0 Å². The van der Waals surface area contributed by atoms with Crippen LogP contribution >= 0.6 is 0 Å². The van der Waals surface area contributed by atoms with E-state index in [0.29, 0.717) is 22.9 Å². The molecule has 0 N–H and O–H groups in total. The van der Waals surface area contributed by atoms with Gasteiger partial charge in [-0.25, -0.2) is 0 Å². The molecule has 0 aromatic rings. The predicted octanol–water partition coefficient (Wildman–Crippen LogP) is -1.61. The van der Waals surface area contributed by atoms with Gasteiger partial charge in [-0.05, 0) is 0 Å². The summed E-state index contributed by atoms with van der Waals surface area (Å²) in [6, 6.07) is 0. The summed E-state index contributed by atoms with van der Waals surface area (Å²) in [5.41, 5.74) is 0. The molecule has 0 heterocycles. The molecule has 0 fully saturated rings. The monoisotopic (exact) mass is 290 g/mol. The first-order valence-electron chi connectivity index (χ1n) is 1.28. The molecule has 0 saturated carbocycles. The Kier molecular flexibility index (Phi) is 17.8. The van der Waals surface area contributed by atoms with E-state index in [-0.39, 0.29) is 23.9 Å². The van der Waals surface area contributed by atoms with Crippen molar-refractivity contribution >= 4 is 46.8 Å². The molecule has 3 heteroatoms. The van der Waals surface area contributed by atoms with Crippen molar-refractivity contribution in [2.45, 2.75) is 6.92 Å². The molecule has 0 amide bonds. The third kappa shape index (κ3) is 10.8. The topological polar surface area (TPSA) is 9.23 Å². The van der Waals surface area contributed by atoms with Gasteiger partial charge < -0.3 is 0 Å². The summed E-state index contributed by atoms with van der Waals surface area (Å²) in [4.78, 5) is 0. The van der Waals surface area contributed by atoms with Gasteiger partial charge in [-0.15, -0.1) is 0 Å². The molecule has 0 aromatic heterocycles. The summed E-state index contributed by atoms with van der Waals surface area (Å²) in [5, 5.41) is 0. The summed E-state index contributed by atoms with van der Waals surface area (Å²) in [6.07, 6.45) is 0. The maximum absolute atomic E-state index is 4.71. The van der Waals surface area contributed by atoms with Crippen LogP contribution in [0.25, 0.3) is 0 Å². The van der Waals surface area contributed by atoms with Gasteiger partial charge >= 0.3 is 63.5 Å². The molecule has 0 aliphatic rings. The Morgan fingerprint density at radius 1 is 1.80 bits per heavy atom. The summed E-state index contributed by atoms with van der Waals surface area (Å²) in [6.45, 7) is 2.90. The van der Waals surface area contributed by atoms with Crippen molar-refractivity contribution in [3.05, 3.63) is 0 Å². The van der Waals surface area contributed by atoms with Crippen molar-refractivity contribution in [1.82, 2.24) is 0 Å². The van der Waals surface area contributed by atoms with E-state index in [0.717, 1.165) is 6.61 Å². The van der Waals surface area contributed by atoms with Gasteiger partial charge in [0.25, 0.3) is 0 Å². The van der Waals surface area contributed by atoms with E-state index in [1.54, 1.807) is 0 Å². The van der Waals surface area contributed by atoms with Crippen molar-refractivity contribution < 1.29 is 3.07 Å². The Balaban J connectivity index is 0. The molecule has 0 aliphatic carbocycles. The summed E-state index contributed by atoms with van der Waals surface area (Å²) in [7, 11) is 0. The van der Waals surface area contributed by atoms with Crippen molar-refractivity contribution in [3.8, 4) is 0 Å². The zero-order valence-corrected chi connectivity index (χ0v) is 13.6. The second kappa shape index (κ2) is 9.12. The van der Waals surface area contributed by atoms with Gasteiger partial charge in [-0.2, -0.15) is 0 Å². The Morgan fingerprint density at radius 3 is 2.00 bits per heavy atom. The van der Waals surface area contributed by atoms with E-state index in [1.807, 2.05) is 6.92 Å². The Hall–Kier alpha value is 1.56. The van der Waals surface area contributed by atoms with Gasteiger partial charge in [-0.1, -0.05) is 0 Å². The van der Waals surface area contributed by atoms with Crippen LogP contribution in [0.2, 0.25) is 0 Å². The second-order valence-corrected chi connectivity index (χ2v) is 1.66. The molecule has 0 atom stereocenters. The van der Waals surface area contributed by atoms with Gasteiger partial charge in [0.2, 0.25) is 0 Å². The maximum atomic E-state index is 4.71. The average molecular weight is 288 g/mol. The Morgan fingerprint density at radius 2 is 2.00 bits per heavy atom. The third-order valence-electron chi connectivity index (χ3n) is 0.204. The molecular formula is C2H10OSn2. The fourth-order valence-electron chi connectivity index (χ4n) is 0. The van der Waals surface area contributed by atoms with Crippen LogP contribution in [-0.4, -0.2) is 53.5 Å². The average Bonchev–Trinajstić information content (AvgIpc) is 1.37. The number of rotatable bonds is 1. The molecule has 0 spiro atoms. The second-order valence-electron chi connectivity index (χ2n) is 0.493. The molecule has 0 rings (SSSR count). The molecule has 0 aliphatic heterocycles. The van der Waals surface area contributed by atoms with Crippen LogP contribution in [0.1, 0.15) is 6.92 Å². The van der Waals surface area contributed by atoms with Crippen LogP contribution < -0.4 is 0 Å². The van der Waals surface area contributed by atoms with Crippen molar-refractivity contribution in [2.24, 2.45) is 0 Å². The first-order valence-corrected chi connectivity index (χ1v) is 2.93. The third-order valence-corrected chi connectivity index (χ3v) is 1.37. The SMILES string of the molecule is CC[O][SnH2].[SnH3]. The fourth-order valence-corrected chi connectivity index (χ4v) is 0. The van der Waals surface area contributed by atoms with Gasteiger partial charge in [0, 0.05) is 0 Å². The van der Waals surface area contributed by atoms with E-state index < -0.39 is 0 Å². The van der Waals surface area contributed by atoms with Crippen molar-refractivity contribution in [2.75, 3.05) is 6.61 Å². The molecule has 2 radical (unpaired) electrons. The van der Waals surface area contributed by atoms with Gasteiger partial charge in [0.05, 0.1) is 0 Å². The molecule has 0 bridgehead atoms. The number of hydrogen-bond acceptors (Lipinski definition) is 1. The standard InChI is InChI=1S/C2H5O.2Sn.5H/c1-2-3;;;;;;;/h2H2,1H3;;;;;;;/q-1;;+1;;;;;. The van der Waals surface area contributed by atoms with Crippen LogP contribution in [0.15, 0.2) is 0 Å². The minimum atomic E-state index is 0. The first kappa shape index (κ1) is 9.75. The first-order chi connectivity index (χ1) is 1.91. The molecule has 0 aromatic carbocycles. The van der Waals surface area contributed by atoms with E-state index in [9.17, 15) is 0 Å². The van der Waals surface area contributed by atoms with Gasteiger partial charge in [-0.3, -0.25) is 0 Å². The fraction of sp³-hybridized carbons (Fsp3) is 1.00. The summed E-state index contributed by atoms with van der Waals surface area (Å²) in [5.74, 6) is 0. The molecule has 0 saturated heterocycles. The Bertz CT molecular complexity index is 9.61. The van der Waals surface area contributed by atoms with Crippen LogP contribution in [0, 0.1) is 0 Å². The van der Waals surface area contributed by atoms with Crippen molar-refractivity contribution in [1.29, 1.82) is 0 Å². The zero-order chi connectivity index (χ0) is 3.41. The molecule has 32 valence electrons. The normalized spacial score (nSPS) is 6.00. The summed E-state index contributed by atoms with van der Waals surface area (Å²) < 4.78 is 4.71.